The van der Waals surface area contributed by atoms with Gasteiger partial charge in [0.1, 0.15) is 17.1 Å². The van der Waals surface area contributed by atoms with E-state index in [0.717, 1.165) is 0 Å². The predicted molar refractivity (Wildman–Crippen MR) is 59.8 cm³/mol. The summed E-state index contributed by atoms with van der Waals surface area (Å²) in [6.45, 7) is 1.25. The van der Waals surface area contributed by atoms with Gasteiger partial charge in [0, 0.05) is 0 Å². The summed E-state index contributed by atoms with van der Waals surface area (Å²) >= 11 is 0. The van der Waals surface area contributed by atoms with Gasteiger partial charge in [0.25, 0.3) is 0 Å². The van der Waals surface area contributed by atoms with Crippen LogP contribution in [0, 0.1) is 6.92 Å². The quantitative estimate of drug-likeness (QED) is 0.566. The van der Waals surface area contributed by atoms with E-state index in [0.29, 0.717) is 5.76 Å². The fraction of sp³-hybridized carbons (Fsp3) is 0.300. The summed E-state index contributed by atoms with van der Waals surface area (Å²) in [4.78, 5) is 32.3. The molecule has 1 aromatic rings. The highest BCUT2D eigenvalue weighted by atomic mass is 16.4. The molecule has 1 aromatic heterocycles. The maximum absolute atomic E-state index is 11.2. The molecule has 3 amide bonds. The summed E-state index contributed by atoms with van der Waals surface area (Å²) in [7, 11) is 0. The van der Waals surface area contributed by atoms with Gasteiger partial charge in [-0.15, -0.1) is 0 Å². The molecule has 0 saturated carbocycles. The number of aryl methyl sites for hydroxylation is 1. The van der Waals surface area contributed by atoms with Gasteiger partial charge in [-0.1, -0.05) is 0 Å². The monoisotopic (exact) mass is 255 g/mol. The molecule has 1 rings (SSSR count). The molecule has 0 spiro atoms. The third kappa shape index (κ3) is 3.81. The Morgan fingerprint density at radius 3 is 2.56 bits per heavy atom. The molecule has 0 fully saturated rings. The molecule has 0 saturated heterocycles. The van der Waals surface area contributed by atoms with Gasteiger partial charge in [-0.3, -0.25) is 4.79 Å². The van der Waals surface area contributed by atoms with Gasteiger partial charge in [-0.25, -0.2) is 9.59 Å². The number of carboxylic acids is 1. The van der Waals surface area contributed by atoms with Crippen LogP contribution < -0.4 is 16.4 Å². The molecule has 1 heterocycles. The number of nitrogens with two attached hydrogens (primary N) is 1. The Morgan fingerprint density at radius 1 is 1.39 bits per heavy atom. The molecule has 18 heavy (non-hydrogen) atoms. The number of urea groups is 1. The minimum Gasteiger partial charge on any atom is -0.478 e. The van der Waals surface area contributed by atoms with Crippen molar-refractivity contribution in [2.45, 2.75) is 13.5 Å². The second kappa shape index (κ2) is 5.71. The van der Waals surface area contributed by atoms with E-state index in [1.54, 1.807) is 0 Å². The number of carbonyl (C=O) groups excluding carboxylic acids is 2. The van der Waals surface area contributed by atoms with Crippen LogP contribution in [0.4, 0.5) is 4.79 Å². The van der Waals surface area contributed by atoms with Gasteiger partial charge in [0.15, 0.2) is 0 Å². The number of furan rings is 1. The molecule has 0 aromatic carbocycles. The van der Waals surface area contributed by atoms with Crippen LogP contribution in [0.25, 0.3) is 0 Å². The van der Waals surface area contributed by atoms with E-state index in [4.69, 9.17) is 15.3 Å². The van der Waals surface area contributed by atoms with Crippen LogP contribution in [0.1, 0.15) is 21.9 Å². The topological polar surface area (TPSA) is 135 Å². The van der Waals surface area contributed by atoms with E-state index in [2.05, 4.69) is 10.6 Å². The fourth-order valence-corrected chi connectivity index (χ4v) is 1.24. The maximum Gasteiger partial charge on any atom is 0.339 e. The number of amides is 3. The van der Waals surface area contributed by atoms with Crippen LogP contribution in [0.5, 0.6) is 0 Å². The van der Waals surface area contributed by atoms with E-state index < -0.39 is 17.9 Å². The number of aromatic carboxylic acids is 1. The highest BCUT2D eigenvalue weighted by molar-refractivity contribution is 5.88. The van der Waals surface area contributed by atoms with E-state index in [1.165, 1.54) is 13.0 Å². The van der Waals surface area contributed by atoms with Crippen molar-refractivity contribution in [2.75, 3.05) is 6.54 Å². The standard InChI is InChI=1S/C10H13N3O5/c1-5-7(9(15)16)2-6(18-5)3-12-10(17)13-4-8(11)14/h2H,3-4H2,1H3,(H2,11,14)(H,15,16)(H2,12,13,17). The second-order valence-corrected chi connectivity index (χ2v) is 3.49. The molecule has 0 radical (unpaired) electrons. The Balaban J connectivity index is 2.48. The average Bonchev–Trinajstić information content (AvgIpc) is 2.65. The molecule has 0 aliphatic carbocycles. The highest BCUT2D eigenvalue weighted by Crippen LogP contribution is 2.14. The first-order valence-electron chi connectivity index (χ1n) is 5.02. The fourth-order valence-electron chi connectivity index (χ4n) is 1.24. The van der Waals surface area contributed by atoms with Crippen molar-refractivity contribution in [1.82, 2.24) is 10.6 Å². The summed E-state index contributed by atoms with van der Waals surface area (Å²) in [5.74, 6) is -1.19. The minimum atomic E-state index is -1.10. The zero-order valence-corrected chi connectivity index (χ0v) is 9.65. The van der Waals surface area contributed by atoms with E-state index in [9.17, 15) is 14.4 Å². The summed E-state index contributed by atoms with van der Waals surface area (Å²) in [6.07, 6.45) is 0. The van der Waals surface area contributed by atoms with Crippen LogP contribution in [0.15, 0.2) is 10.5 Å². The molecule has 0 atom stereocenters. The third-order valence-electron chi connectivity index (χ3n) is 2.05. The normalized spacial score (nSPS) is 9.83. The van der Waals surface area contributed by atoms with Crippen molar-refractivity contribution >= 4 is 17.9 Å². The van der Waals surface area contributed by atoms with Gasteiger partial charge in [0.2, 0.25) is 5.91 Å². The molecule has 0 unspecified atom stereocenters. The zero-order valence-electron chi connectivity index (χ0n) is 9.65. The number of nitrogens with one attached hydrogen (secondary N) is 2. The largest absolute Gasteiger partial charge is 0.478 e. The van der Waals surface area contributed by atoms with Gasteiger partial charge >= 0.3 is 12.0 Å². The Labute approximate surface area is 102 Å². The number of rotatable bonds is 5. The van der Waals surface area contributed by atoms with Crippen LogP contribution in [0.3, 0.4) is 0 Å². The summed E-state index contributed by atoms with van der Waals surface area (Å²) in [6, 6.07) is 0.728. The molecule has 8 heteroatoms. The van der Waals surface area contributed by atoms with Crippen LogP contribution in [-0.2, 0) is 11.3 Å². The molecule has 5 N–H and O–H groups in total. The number of hydrogen-bond donors (Lipinski definition) is 4. The van der Waals surface area contributed by atoms with E-state index >= 15 is 0 Å². The molecule has 0 bridgehead atoms. The van der Waals surface area contributed by atoms with Crippen molar-refractivity contribution in [3.05, 3.63) is 23.2 Å². The Morgan fingerprint density at radius 2 is 2.06 bits per heavy atom. The maximum atomic E-state index is 11.2. The van der Waals surface area contributed by atoms with Crippen LogP contribution in [0.2, 0.25) is 0 Å². The van der Waals surface area contributed by atoms with E-state index in [-0.39, 0.29) is 24.4 Å². The smallest absolute Gasteiger partial charge is 0.339 e. The van der Waals surface area contributed by atoms with Crippen LogP contribution >= 0.6 is 0 Å². The van der Waals surface area contributed by atoms with Crippen molar-refractivity contribution in [2.24, 2.45) is 5.73 Å². The molecular weight excluding hydrogens is 242 g/mol. The molecule has 8 nitrogen and oxygen atoms in total. The van der Waals surface area contributed by atoms with Gasteiger partial charge in [-0.05, 0) is 13.0 Å². The molecule has 0 aliphatic rings. The first kappa shape index (κ1) is 13.6. The lowest BCUT2D eigenvalue weighted by Gasteiger charge is -2.03. The van der Waals surface area contributed by atoms with Crippen molar-refractivity contribution < 1.29 is 23.9 Å². The number of hydrogen-bond acceptors (Lipinski definition) is 4. The molecular formula is C10H13N3O5. The SMILES string of the molecule is Cc1oc(CNC(=O)NCC(N)=O)cc1C(=O)O. The van der Waals surface area contributed by atoms with Crippen LogP contribution in [-0.4, -0.2) is 29.6 Å². The Bertz CT molecular complexity index is 480. The summed E-state index contributed by atoms with van der Waals surface area (Å²) < 4.78 is 5.14. The number of primary amides is 1. The minimum absolute atomic E-state index is 0.0126. The summed E-state index contributed by atoms with van der Waals surface area (Å²) in [5, 5.41) is 13.4. The number of carboxylic acid groups (broad SMARTS) is 1. The Hall–Kier alpha value is -2.51. The van der Waals surface area contributed by atoms with Crippen molar-refractivity contribution in [1.29, 1.82) is 0 Å². The lowest BCUT2D eigenvalue weighted by Crippen LogP contribution is -2.39. The predicted octanol–water partition coefficient (Wildman–Crippen LogP) is -0.429. The third-order valence-corrected chi connectivity index (χ3v) is 2.05. The molecule has 0 aliphatic heterocycles. The first-order valence-corrected chi connectivity index (χ1v) is 5.02. The van der Waals surface area contributed by atoms with Gasteiger partial charge in [-0.2, -0.15) is 0 Å². The van der Waals surface area contributed by atoms with E-state index in [1.807, 2.05) is 0 Å². The van der Waals surface area contributed by atoms with Crippen molar-refractivity contribution in [3.63, 3.8) is 0 Å². The second-order valence-electron chi connectivity index (χ2n) is 3.49. The number of carbonyl (C=O) groups is 3. The average molecular weight is 255 g/mol. The Kier molecular flexibility index (Phi) is 4.30. The lowest BCUT2D eigenvalue weighted by atomic mass is 10.2. The lowest BCUT2D eigenvalue weighted by molar-refractivity contribution is -0.117. The van der Waals surface area contributed by atoms with Crippen molar-refractivity contribution in [3.8, 4) is 0 Å². The summed E-state index contributed by atoms with van der Waals surface area (Å²) in [5.41, 5.74) is 4.88. The first-order chi connectivity index (χ1) is 8.40. The van der Waals surface area contributed by atoms with Gasteiger partial charge < -0.3 is 25.9 Å². The van der Waals surface area contributed by atoms with Gasteiger partial charge in [0.05, 0.1) is 13.1 Å². The zero-order chi connectivity index (χ0) is 13.7. The molecule has 98 valence electrons. The highest BCUT2D eigenvalue weighted by Gasteiger charge is 2.13.